The van der Waals surface area contributed by atoms with Gasteiger partial charge in [-0.1, -0.05) is 41.5 Å². The van der Waals surface area contributed by atoms with Crippen LogP contribution in [0.4, 0.5) is 0 Å². The first-order valence-corrected chi connectivity index (χ1v) is 6.30. The van der Waals surface area contributed by atoms with Gasteiger partial charge >= 0.3 is 0 Å². The Morgan fingerprint density at radius 3 is 1.47 bits per heavy atom. The zero-order valence-corrected chi connectivity index (χ0v) is 11.5. The molecule has 0 radical (unpaired) electrons. The van der Waals surface area contributed by atoms with Gasteiger partial charge in [-0.3, -0.25) is 0 Å². The van der Waals surface area contributed by atoms with Crippen LogP contribution < -0.4 is 5.73 Å². The maximum atomic E-state index is 6.13. The van der Waals surface area contributed by atoms with E-state index in [-0.39, 0.29) is 0 Å². The first-order valence-electron chi connectivity index (χ1n) is 6.30. The SMILES string of the molecule is CC(C)CN(CC(C)C)C[C@H](N)C(C)C. The topological polar surface area (TPSA) is 29.3 Å². The maximum absolute atomic E-state index is 6.13. The van der Waals surface area contributed by atoms with Crippen LogP contribution >= 0.6 is 0 Å². The second kappa shape index (κ2) is 7.24. The summed E-state index contributed by atoms with van der Waals surface area (Å²) in [5.74, 6) is 2.03. The summed E-state index contributed by atoms with van der Waals surface area (Å²) in [4.78, 5) is 2.51. The Morgan fingerprint density at radius 1 is 0.800 bits per heavy atom. The van der Waals surface area contributed by atoms with Crippen molar-refractivity contribution in [1.29, 1.82) is 0 Å². The molecule has 0 aliphatic rings. The Kier molecular flexibility index (Phi) is 7.20. The molecule has 1 atom stereocenters. The van der Waals surface area contributed by atoms with Gasteiger partial charge in [-0.25, -0.2) is 0 Å². The van der Waals surface area contributed by atoms with Crippen molar-refractivity contribution < 1.29 is 0 Å². The molecule has 0 aromatic heterocycles. The van der Waals surface area contributed by atoms with E-state index in [1.807, 2.05) is 0 Å². The van der Waals surface area contributed by atoms with Crippen molar-refractivity contribution in [3.8, 4) is 0 Å². The van der Waals surface area contributed by atoms with Crippen LogP contribution in [0.25, 0.3) is 0 Å². The highest BCUT2D eigenvalue weighted by molar-refractivity contribution is 4.72. The highest BCUT2D eigenvalue weighted by atomic mass is 15.1. The van der Waals surface area contributed by atoms with Gasteiger partial charge in [-0.15, -0.1) is 0 Å². The lowest BCUT2D eigenvalue weighted by molar-refractivity contribution is 0.195. The Morgan fingerprint density at radius 2 is 1.20 bits per heavy atom. The molecular weight excluding hydrogens is 184 g/mol. The molecule has 2 N–H and O–H groups in total. The van der Waals surface area contributed by atoms with Crippen LogP contribution in [0.2, 0.25) is 0 Å². The van der Waals surface area contributed by atoms with E-state index >= 15 is 0 Å². The molecule has 0 heterocycles. The van der Waals surface area contributed by atoms with Gasteiger partial charge in [-0.2, -0.15) is 0 Å². The van der Waals surface area contributed by atoms with E-state index in [4.69, 9.17) is 5.73 Å². The molecule has 0 bridgehead atoms. The minimum atomic E-state index is 0.308. The van der Waals surface area contributed by atoms with Crippen molar-refractivity contribution >= 4 is 0 Å². The molecule has 0 amide bonds. The lowest BCUT2D eigenvalue weighted by atomic mass is 10.0. The average Bonchev–Trinajstić information content (AvgIpc) is 2.00. The third-order valence-electron chi connectivity index (χ3n) is 2.57. The molecule has 2 heteroatoms. The molecule has 2 nitrogen and oxygen atoms in total. The van der Waals surface area contributed by atoms with E-state index in [0.717, 1.165) is 18.4 Å². The van der Waals surface area contributed by atoms with Gasteiger partial charge in [0, 0.05) is 25.7 Å². The summed E-state index contributed by atoms with van der Waals surface area (Å²) in [5.41, 5.74) is 6.13. The molecule has 0 rings (SSSR count). The number of nitrogens with two attached hydrogens (primary N) is 1. The van der Waals surface area contributed by atoms with Gasteiger partial charge in [0.2, 0.25) is 0 Å². The van der Waals surface area contributed by atoms with Crippen LogP contribution in [0.1, 0.15) is 41.5 Å². The predicted molar refractivity (Wildman–Crippen MR) is 68.9 cm³/mol. The van der Waals surface area contributed by atoms with E-state index in [2.05, 4.69) is 46.4 Å². The summed E-state index contributed by atoms with van der Waals surface area (Å²) >= 11 is 0. The largest absolute Gasteiger partial charge is 0.326 e. The van der Waals surface area contributed by atoms with E-state index in [0.29, 0.717) is 12.0 Å². The lowest BCUT2D eigenvalue weighted by Crippen LogP contribution is -2.43. The van der Waals surface area contributed by atoms with Crippen molar-refractivity contribution in [2.75, 3.05) is 19.6 Å². The highest BCUT2D eigenvalue weighted by Gasteiger charge is 2.15. The first-order chi connectivity index (χ1) is 6.82. The van der Waals surface area contributed by atoms with Crippen LogP contribution in [0.3, 0.4) is 0 Å². The van der Waals surface area contributed by atoms with Crippen LogP contribution in [-0.4, -0.2) is 30.6 Å². The second-order valence-corrected chi connectivity index (χ2v) is 5.91. The maximum Gasteiger partial charge on any atom is 0.0191 e. The zero-order chi connectivity index (χ0) is 12.0. The summed E-state index contributed by atoms with van der Waals surface area (Å²) in [6, 6.07) is 0.308. The van der Waals surface area contributed by atoms with Crippen molar-refractivity contribution in [3.63, 3.8) is 0 Å². The van der Waals surface area contributed by atoms with Crippen molar-refractivity contribution in [3.05, 3.63) is 0 Å². The molecule has 0 aromatic rings. The quantitative estimate of drug-likeness (QED) is 0.706. The molecule has 0 aliphatic carbocycles. The van der Waals surface area contributed by atoms with Crippen molar-refractivity contribution in [1.82, 2.24) is 4.90 Å². The molecule has 15 heavy (non-hydrogen) atoms. The zero-order valence-electron chi connectivity index (χ0n) is 11.5. The van der Waals surface area contributed by atoms with E-state index in [1.165, 1.54) is 13.1 Å². The Hall–Kier alpha value is -0.0800. The molecule has 0 aromatic carbocycles. The van der Waals surface area contributed by atoms with Crippen molar-refractivity contribution in [2.45, 2.75) is 47.6 Å². The van der Waals surface area contributed by atoms with E-state index in [1.54, 1.807) is 0 Å². The summed E-state index contributed by atoms with van der Waals surface area (Å²) < 4.78 is 0. The third kappa shape index (κ3) is 7.80. The fraction of sp³-hybridized carbons (Fsp3) is 1.00. The standard InChI is InChI=1S/C13H30N2/c1-10(2)7-15(8-11(3)4)9-13(14)12(5)6/h10-13H,7-9,14H2,1-6H3/t13-/m0/s1. The summed E-state index contributed by atoms with van der Waals surface area (Å²) in [6.07, 6.45) is 0. The minimum absolute atomic E-state index is 0.308. The fourth-order valence-corrected chi connectivity index (χ4v) is 1.77. The van der Waals surface area contributed by atoms with Gasteiger partial charge in [0.15, 0.2) is 0 Å². The fourth-order valence-electron chi connectivity index (χ4n) is 1.77. The monoisotopic (exact) mass is 214 g/mol. The molecule has 0 unspecified atom stereocenters. The Bertz CT molecular complexity index is 143. The molecular formula is C13H30N2. The molecule has 0 spiro atoms. The smallest absolute Gasteiger partial charge is 0.0191 e. The summed E-state index contributed by atoms with van der Waals surface area (Å²) in [7, 11) is 0. The van der Waals surface area contributed by atoms with Crippen LogP contribution in [0, 0.1) is 17.8 Å². The molecule has 0 saturated carbocycles. The first kappa shape index (κ1) is 14.9. The highest BCUT2D eigenvalue weighted by Crippen LogP contribution is 2.07. The number of hydrogen-bond donors (Lipinski definition) is 1. The van der Waals surface area contributed by atoms with Gasteiger partial charge < -0.3 is 10.6 Å². The van der Waals surface area contributed by atoms with Gasteiger partial charge in [0.1, 0.15) is 0 Å². The van der Waals surface area contributed by atoms with Crippen LogP contribution in [0.5, 0.6) is 0 Å². The Labute approximate surface area is 96.2 Å². The van der Waals surface area contributed by atoms with Gasteiger partial charge in [-0.05, 0) is 17.8 Å². The molecule has 0 saturated heterocycles. The molecule has 0 aliphatic heterocycles. The van der Waals surface area contributed by atoms with Gasteiger partial charge in [0.25, 0.3) is 0 Å². The average molecular weight is 214 g/mol. The van der Waals surface area contributed by atoms with Crippen LogP contribution in [-0.2, 0) is 0 Å². The summed E-state index contributed by atoms with van der Waals surface area (Å²) in [5, 5.41) is 0. The summed E-state index contributed by atoms with van der Waals surface area (Å²) in [6.45, 7) is 16.9. The molecule has 0 fully saturated rings. The number of hydrogen-bond acceptors (Lipinski definition) is 2. The Balaban J connectivity index is 4.11. The van der Waals surface area contributed by atoms with E-state index in [9.17, 15) is 0 Å². The third-order valence-corrected chi connectivity index (χ3v) is 2.57. The van der Waals surface area contributed by atoms with Crippen molar-refractivity contribution in [2.24, 2.45) is 23.5 Å². The lowest BCUT2D eigenvalue weighted by Gasteiger charge is -2.30. The number of rotatable bonds is 7. The van der Waals surface area contributed by atoms with Gasteiger partial charge in [0.05, 0.1) is 0 Å². The minimum Gasteiger partial charge on any atom is -0.326 e. The normalized spacial score (nSPS) is 14.6. The second-order valence-electron chi connectivity index (χ2n) is 5.91. The van der Waals surface area contributed by atoms with E-state index < -0.39 is 0 Å². The molecule has 92 valence electrons. The number of nitrogens with zero attached hydrogens (tertiary/aromatic N) is 1. The predicted octanol–water partition coefficient (Wildman–Crippen LogP) is 2.58. The van der Waals surface area contributed by atoms with Crippen LogP contribution in [0.15, 0.2) is 0 Å².